The highest BCUT2D eigenvalue weighted by atomic mass is 16.5. The van der Waals surface area contributed by atoms with Crippen molar-refractivity contribution in [2.45, 2.75) is 64.3 Å². The average molecular weight is 253 g/mol. The van der Waals surface area contributed by atoms with Gasteiger partial charge >= 0.3 is 5.97 Å². The number of carbonyl (C=O) groups excluding carboxylic acids is 1. The summed E-state index contributed by atoms with van der Waals surface area (Å²) in [5.74, 6) is 2.27. The van der Waals surface area contributed by atoms with E-state index in [-0.39, 0.29) is 5.97 Å². The third kappa shape index (κ3) is 3.47. The Hall–Kier alpha value is -0.570. The molecular weight excluding hydrogens is 226 g/mol. The summed E-state index contributed by atoms with van der Waals surface area (Å²) >= 11 is 0. The molecule has 2 N–H and O–H groups in total. The summed E-state index contributed by atoms with van der Waals surface area (Å²) in [5.41, 5.74) is 6.18. The predicted octanol–water partition coefficient (Wildman–Crippen LogP) is 2.87. The Morgan fingerprint density at radius 1 is 1.28 bits per heavy atom. The fraction of sp³-hybridized carbons (Fsp3) is 0.933. The monoisotopic (exact) mass is 253 g/mol. The van der Waals surface area contributed by atoms with Crippen LogP contribution in [0.25, 0.3) is 0 Å². The minimum atomic E-state index is -0.0380. The van der Waals surface area contributed by atoms with E-state index in [2.05, 4.69) is 0 Å². The van der Waals surface area contributed by atoms with Crippen LogP contribution >= 0.6 is 0 Å². The molecule has 18 heavy (non-hydrogen) atoms. The summed E-state index contributed by atoms with van der Waals surface area (Å²) in [5, 5.41) is 0. The van der Waals surface area contributed by atoms with E-state index in [0.29, 0.717) is 25.0 Å². The third-order valence-electron chi connectivity index (χ3n) is 4.81. The molecule has 3 heteroatoms. The molecule has 4 atom stereocenters. The van der Waals surface area contributed by atoms with Crippen LogP contribution in [0.4, 0.5) is 0 Å². The van der Waals surface area contributed by atoms with E-state index in [4.69, 9.17) is 10.5 Å². The number of carbonyl (C=O) groups is 1. The first-order valence-corrected chi connectivity index (χ1v) is 7.62. The topological polar surface area (TPSA) is 52.3 Å². The lowest BCUT2D eigenvalue weighted by molar-refractivity contribution is -0.143. The average Bonchev–Trinajstić information content (AvgIpc) is 2.36. The molecule has 2 saturated carbocycles. The van der Waals surface area contributed by atoms with Gasteiger partial charge in [0.15, 0.2) is 0 Å². The standard InChI is InChI=1S/C15H27NO2/c1-2-18-15(17)8-7-12-10-13(16)9-11-5-3-4-6-14(11)12/h11-14H,2-10,16H2,1H3. The number of rotatable bonds is 4. The lowest BCUT2D eigenvalue weighted by Gasteiger charge is -2.44. The second-order valence-corrected chi connectivity index (χ2v) is 6.04. The summed E-state index contributed by atoms with van der Waals surface area (Å²) in [6.07, 6.45) is 9.33. The molecule has 0 aliphatic heterocycles. The molecule has 4 unspecified atom stereocenters. The number of fused-ring (bicyclic) bond motifs is 1. The van der Waals surface area contributed by atoms with Gasteiger partial charge in [0.25, 0.3) is 0 Å². The molecule has 0 spiro atoms. The molecule has 0 saturated heterocycles. The van der Waals surface area contributed by atoms with Crippen LogP contribution in [0.15, 0.2) is 0 Å². The SMILES string of the molecule is CCOC(=O)CCC1CC(N)CC2CCCCC21. The molecule has 0 aromatic carbocycles. The maximum atomic E-state index is 11.5. The molecule has 3 nitrogen and oxygen atoms in total. The normalized spacial score (nSPS) is 35.9. The van der Waals surface area contributed by atoms with Gasteiger partial charge in [-0.15, -0.1) is 0 Å². The van der Waals surface area contributed by atoms with Crippen LogP contribution in [-0.2, 0) is 9.53 Å². The second kappa shape index (κ2) is 6.55. The zero-order chi connectivity index (χ0) is 13.0. The van der Waals surface area contributed by atoms with E-state index in [1.807, 2.05) is 6.92 Å². The Labute approximate surface area is 110 Å². The Bertz CT molecular complexity index is 280. The van der Waals surface area contributed by atoms with Crippen LogP contribution in [0.1, 0.15) is 58.3 Å². The molecule has 104 valence electrons. The summed E-state index contributed by atoms with van der Waals surface area (Å²) < 4.78 is 5.03. The lowest BCUT2D eigenvalue weighted by Crippen LogP contribution is -2.41. The summed E-state index contributed by atoms with van der Waals surface area (Å²) in [6, 6.07) is 0.358. The van der Waals surface area contributed by atoms with Gasteiger partial charge < -0.3 is 10.5 Å². The van der Waals surface area contributed by atoms with Crippen molar-refractivity contribution in [1.29, 1.82) is 0 Å². The Morgan fingerprint density at radius 2 is 2.06 bits per heavy atom. The number of hydrogen-bond donors (Lipinski definition) is 1. The van der Waals surface area contributed by atoms with Crippen LogP contribution in [-0.4, -0.2) is 18.6 Å². The molecule has 0 aromatic heterocycles. The number of ether oxygens (including phenoxy) is 1. The van der Waals surface area contributed by atoms with E-state index in [1.165, 1.54) is 32.1 Å². The van der Waals surface area contributed by atoms with Crippen molar-refractivity contribution in [2.75, 3.05) is 6.61 Å². The van der Waals surface area contributed by atoms with Crippen LogP contribution in [0.2, 0.25) is 0 Å². The van der Waals surface area contributed by atoms with Crippen molar-refractivity contribution >= 4 is 5.97 Å². The summed E-state index contributed by atoms with van der Waals surface area (Å²) in [6.45, 7) is 2.36. The summed E-state index contributed by atoms with van der Waals surface area (Å²) in [4.78, 5) is 11.5. The van der Waals surface area contributed by atoms with Gasteiger partial charge in [-0.05, 0) is 50.4 Å². The van der Waals surface area contributed by atoms with E-state index >= 15 is 0 Å². The zero-order valence-corrected chi connectivity index (χ0v) is 11.6. The largest absolute Gasteiger partial charge is 0.466 e. The Balaban J connectivity index is 1.86. The first kappa shape index (κ1) is 13.9. The fourth-order valence-electron chi connectivity index (χ4n) is 4.07. The van der Waals surface area contributed by atoms with Crippen molar-refractivity contribution in [2.24, 2.45) is 23.5 Å². The Kier molecular flexibility index (Phi) is 5.04. The molecule has 2 fully saturated rings. The number of esters is 1. The van der Waals surface area contributed by atoms with Gasteiger partial charge in [0.1, 0.15) is 0 Å². The molecule has 0 bridgehead atoms. The van der Waals surface area contributed by atoms with Gasteiger partial charge in [0.05, 0.1) is 6.61 Å². The highest BCUT2D eigenvalue weighted by Crippen LogP contribution is 2.45. The van der Waals surface area contributed by atoms with Crippen LogP contribution in [0.3, 0.4) is 0 Å². The van der Waals surface area contributed by atoms with Gasteiger partial charge in [0.2, 0.25) is 0 Å². The Morgan fingerprint density at radius 3 is 2.83 bits per heavy atom. The quantitative estimate of drug-likeness (QED) is 0.784. The molecular formula is C15H27NO2. The predicted molar refractivity (Wildman–Crippen MR) is 72.0 cm³/mol. The van der Waals surface area contributed by atoms with E-state index in [1.54, 1.807) is 0 Å². The zero-order valence-electron chi connectivity index (χ0n) is 11.6. The van der Waals surface area contributed by atoms with Crippen molar-refractivity contribution in [3.63, 3.8) is 0 Å². The maximum absolute atomic E-state index is 11.5. The van der Waals surface area contributed by atoms with Gasteiger partial charge in [-0.2, -0.15) is 0 Å². The van der Waals surface area contributed by atoms with Crippen molar-refractivity contribution in [3.8, 4) is 0 Å². The van der Waals surface area contributed by atoms with Gasteiger partial charge in [0, 0.05) is 12.5 Å². The molecule has 0 amide bonds. The molecule has 0 heterocycles. The fourth-order valence-corrected chi connectivity index (χ4v) is 4.07. The van der Waals surface area contributed by atoms with Crippen molar-refractivity contribution < 1.29 is 9.53 Å². The highest BCUT2D eigenvalue weighted by Gasteiger charge is 2.37. The van der Waals surface area contributed by atoms with E-state index in [9.17, 15) is 4.79 Å². The first-order chi connectivity index (χ1) is 8.70. The van der Waals surface area contributed by atoms with Gasteiger partial charge in [-0.3, -0.25) is 4.79 Å². The smallest absolute Gasteiger partial charge is 0.305 e. The van der Waals surface area contributed by atoms with Crippen LogP contribution in [0.5, 0.6) is 0 Å². The number of nitrogens with two attached hydrogens (primary N) is 1. The highest BCUT2D eigenvalue weighted by molar-refractivity contribution is 5.69. The molecule has 2 aliphatic rings. The van der Waals surface area contributed by atoms with E-state index in [0.717, 1.165) is 24.7 Å². The second-order valence-electron chi connectivity index (χ2n) is 6.04. The van der Waals surface area contributed by atoms with Crippen molar-refractivity contribution in [1.82, 2.24) is 0 Å². The summed E-state index contributed by atoms with van der Waals surface area (Å²) in [7, 11) is 0. The molecule has 0 aromatic rings. The minimum absolute atomic E-state index is 0.0380. The third-order valence-corrected chi connectivity index (χ3v) is 4.81. The maximum Gasteiger partial charge on any atom is 0.305 e. The van der Waals surface area contributed by atoms with E-state index < -0.39 is 0 Å². The molecule has 2 rings (SSSR count). The van der Waals surface area contributed by atoms with Crippen molar-refractivity contribution in [3.05, 3.63) is 0 Å². The minimum Gasteiger partial charge on any atom is -0.466 e. The van der Waals surface area contributed by atoms with Crippen LogP contribution in [0, 0.1) is 17.8 Å². The molecule has 2 aliphatic carbocycles. The first-order valence-electron chi connectivity index (χ1n) is 7.62. The lowest BCUT2D eigenvalue weighted by atomic mass is 9.63. The van der Waals surface area contributed by atoms with Crippen LogP contribution < -0.4 is 5.73 Å². The number of hydrogen-bond acceptors (Lipinski definition) is 3. The van der Waals surface area contributed by atoms with Gasteiger partial charge in [-0.1, -0.05) is 19.3 Å². The molecule has 0 radical (unpaired) electrons. The van der Waals surface area contributed by atoms with Gasteiger partial charge in [-0.25, -0.2) is 0 Å².